The lowest BCUT2D eigenvalue weighted by Gasteiger charge is -2.06. The number of hydrogen-bond acceptors (Lipinski definition) is 6. The van der Waals surface area contributed by atoms with Gasteiger partial charge in [-0.2, -0.15) is 0 Å². The minimum atomic E-state index is -0.413. The second kappa shape index (κ2) is 6.21. The van der Waals surface area contributed by atoms with E-state index in [1.54, 1.807) is 11.3 Å². The third kappa shape index (κ3) is 3.38. The summed E-state index contributed by atoms with van der Waals surface area (Å²) >= 11 is 2.95. The van der Waals surface area contributed by atoms with Crippen LogP contribution in [0.25, 0.3) is 10.2 Å². The molecule has 2 aromatic heterocycles. The predicted octanol–water partition coefficient (Wildman–Crippen LogP) is 2.39. The van der Waals surface area contributed by atoms with E-state index in [9.17, 15) is 9.59 Å². The van der Waals surface area contributed by atoms with Crippen molar-refractivity contribution in [1.29, 1.82) is 0 Å². The van der Waals surface area contributed by atoms with E-state index in [1.165, 1.54) is 23.0 Å². The average Bonchev–Trinajstić information content (AvgIpc) is 3.22. The smallest absolute Gasteiger partial charge is 0.321 e. The molecule has 0 unspecified atom stereocenters. The van der Waals surface area contributed by atoms with Gasteiger partial charge in [-0.25, -0.2) is 14.8 Å². The molecule has 0 aliphatic heterocycles. The largest absolute Gasteiger partial charge is 0.335 e. The van der Waals surface area contributed by atoms with E-state index in [4.69, 9.17) is 0 Å². The molecule has 2 N–H and O–H groups in total. The molecule has 0 radical (unpaired) electrons. The summed E-state index contributed by atoms with van der Waals surface area (Å²) in [5.74, 6) is -0.169. The summed E-state index contributed by atoms with van der Waals surface area (Å²) < 4.78 is 0. The number of urea groups is 1. The first-order valence-electron chi connectivity index (χ1n) is 6.98. The molecule has 3 amide bonds. The highest BCUT2D eigenvalue weighted by molar-refractivity contribution is 8.00. The maximum Gasteiger partial charge on any atom is 0.321 e. The van der Waals surface area contributed by atoms with E-state index in [0.29, 0.717) is 0 Å². The number of fused-ring (bicyclic) bond motifs is 1. The van der Waals surface area contributed by atoms with Crippen LogP contribution in [0.15, 0.2) is 11.4 Å². The van der Waals surface area contributed by atoms with Crippen LogP contribution in [0.5, 0.6) is 0 Å². The highest BCUT2D eigenvalue weighted by atomic mass is 32.2. The molecule has 2 heterocycles. The Morgan fingerprint density at radius 2 is 2.14 bits per heavy atom. The molecular weight excluding hydrogens is 320 g/mol. The summed E-state index contributed by atoms with van der Waals surface area (Å²) in [5, 5.41) is 6.85. The highest BCUT2D eigenvalue weighted by Crippen LogP contribution is 2.34. The molecule has 1 saturated carbocycles. The van der Waals surface area contributed by atoms with Gasteiger partial charge in [0, 0.05) is 16.3 Å². The van der Waals surface area contributed by atoms with Gasteiger partial charge in [-0.1, -0.05) is 11.8 Å². The molecule has 116 valence electrons. The lowest BCUT2D eigenvalue weighted by molar-refractivity contribution is -0.117. The van der Waals surface area contributed by atoms with E-state index >= 15 is 0 Å². The Balaban J connectivity index is 1.63. The van der Waals surface area contributed by atoms with Gasteiger partial charge in [-0.05, 0) is 32.3 Å². The number of hydrogen-bond donors (Lipinski definition) is 2. The summed E-state index contributed by atoms with van der Waals surface area (Å²) in [6, 6.07) is -0.179. The van der Waals surface area contributed by atoms with Crippen LogP contribution in [-0.2, 0) is 4.79 Å². The number of nitrogens with one attached hydrogen (secondary N) is 2. The minimum absolute atomic E-state index is 0.151. The number of thioether (sulfide) groups is 1. The molecule has 3 rings (SSSR count). The van der Waals surface area contributed by atoms with Crippen molar-refractivity contribution in [3.63, 3.8) is 0 Å². The van der Waals surface area contributed by atoms with E-state index in [1.807, 2.05) is 13.8 Å². The van der Waals surface area contributed by atoms with Crippen molar-refractivity contribution >= 4 is 45.3 Å². The number of carbonyl (C=O) groups is 2. The molecule has 8 heteroatoms. The van der Waals surface area contributed by atoms with Crippen molar-refractivity contribution in [1.82, 2.24) is 20.6 Å². The van der Waals surface area contributed by atoms with Gasteiger partial charge in [0.25, 0.3) is 0 Å². The van der Waals surface area contributed by atoms with Crippen LogP contribution in [-0.4, -0.2) is 33.7 Å². The Hall–Kier alpha value is -1.67. The number of amides is 3. The number of imide groups is 1. The van der Waals surface area contributed by atoms with E-state index in [0.717, 1.165) is 33.6 Å². The molecule has 22 heavy (non-hydrogen) atoms. The summed E-state index contributed by atoms with van der Waals surface area (Å²) in [6.45, 7) is 4.08. The van der Waals surface area contributed by atoms with Crippen LogP contribution >= 0.6 is 23.1 Å². The van der Waals surface area contributed by atoms with Gasteiger partial charge in [0.05, 0.1) is 5.75 Å². The fraction of sp³-hybridized carbons (Fsp3) is 0.429. The second-order valence-corrected chi connectivity index (χ2v) is 7.39. The first kappa shape index (κ1) is 15.2. The van der Waals surface area contributed by atoms with Crippen molar-refractivity contribution < 1.29 is 9.59 Å². The average molecular weight is 336 g/mol. The van der Waals surface area contributed by atoms with Gasteiger partial charge < -0.3 is 5.32 Å². The molecule has 1 fully saturated rings. The van der Waals surface area contributed by atoms with Gasteiger partial charge in [-0.15, -0.1) is 11.3 Å². The Morgan fingerprint density at radius 3 is 2.86 bits per heavy atom. The van der Waals surface area contributed by atoms with Crippen LogP contribution in [0.4, 0.5) is 4.79 Å². The normalized spacial score (nSPS) is 14.1. The Labute approximate surface area is 136 Å². The van der Waals surface area contributed by atoms with E-state index in [-0.39, 0.29) is 17.7 Å². The van der Waals surface area contributed by atoms with E-state index < -0.39 is 6.03 Å². The zero-order valence-corrected chi connectivity index (χ0v) is 13.9. The number of nitrogens with zero attached hydrogens (tertiary/aromatic N) is 2. The van der Waals surface area contributed by atoms with Gasteiger partial charge in [-0.3, -0.25) is 10.1 Å². The van der Waals surface area contributed by atoms with Crippen molar-refractivity contribution in [2.24, 2.45) is 0 Å². The molecule has 6 nitrogen and oxygen atoms in total. The summed E-state index contributed by atoms with van der Waals surface area (Å²) in [4.78, 5) is 34.0. The van der Waals surface area contributed by atoms with Crippen LogP contribution in [0.3, 0.4) is 0 Å². The third-order valence-corrected chi connectivity index (χ3v) is 5.54. The number of aryl methyl sites for hydroxylation is 2. The zero-order valence-electron chi connectivity index (χ0n) is 12.3. The first-order valence-corrected chi connectivity index (χ1v) is 8.78. The maximum atomic E-state index is 11.8. The zero-order chi connectivity index (χ0) is 15.7. The lowest BCUT2D eigenvalue weighted by Crippen LogP contribution is -2.41. The van der Waals surface area contributed by atoms with Crippen molar-refractivity contribution in [2.75, 3.05) is 5.75 Å². The molecule has 2 aromatic rings. The lowest BCUT2D eigenvalue weighted by atomic mass is 10.2. The molecule has 0 saturated heterocycles. The van der Waals surface area contributed by atoms with Crippen molar-refractivity contribution in [2.45, 2.75) is 37.8 Å². The number of aromatic nitrogens is 2. The Morgan fingerprint density at radius 1 is 1.36 bits per heavy atom. The second-order valence-electron chi connectivity index (χ2n) is 5.23. The number of carbonyl (C=O) groups excluding carboxylic acids is 2. The Bertz CT molecular complexity index is 740. The molecule has 0 bridgehead atoms. The summed E-state index contributed by atoms with van der Waals surface area (Å²) in [5.41, 5.74) is 1.15. The first-order chi connectivity index (χ1) is 10.5. The molecule has 1 aliphatic rings. The number of thiophene rings is 1. The fourth-order valence-corrected chi connectivity index (χ4v) is 3.92. The van der Waals surface area contributed by atoms with Gasteiger partial charge in [0.1, 0.15) is 16.2 Å². The summed E-state index contributed by atoms with van der Waals surface area (Å²) in [7, 11) is 0. The standard InChI is InChI=1S/C14H16N4O2S2/c1-7-8(2)22-13-11(7)12(15-6-16-13)21-5-10(19)18-14(20)17-9-3-4-9/h6,9H,3-5H2,1-2H3,(H2,17,18,19,20). The Kier molecular flexibility index (Phi) is 4.30. The summed E-state index contributed by atoms with van der Waals surface area (Å²) in [6.07, 6.45) is 3.50. The van der Waals surface area contributed by atoms with Gasteiger partial charge in [0.2, 0.25) is 5.91 Å². The molecule has 0 aromatic carbocycles. The van der Waals surface area contributed by atoms with Crippen LogP contribution in [0.2, 0.25) is 0 Å². The van der Waals surface area contributed by atoms with Crippen LogP contribution in [0, 0.1) is 13.8 Å². The molecule has 0 atom stereocenters. The fourth-order valence-electron chi connectivity index (χ4n) is 2.01. The van der Waals surface area contributed by atoms with E-state index in [2.05, 4.69) is 20.6 Å². The van der Waals surface area contributed by atoms with Crippen molar-refractivity contribution in [3.8, 4) is 0 Å². The molecule has 0 spiro atoms. The SMILES string of the molecule is Cc1sc2ncnc(SCC(=O)NC(=O)NC3CC3)c2c1C. The third-order valence-electron chi connectivity index (χ3n) is 3.44. The minimum Gasteiger partial charge on any atom is -0.335 e. The topological polar surface area (TPSA) is 84.0 Å². The van der Waals surface area contributed by atoms with Crippen LogP contribution < -0.4 is 10.6 Å². The monoisotopic (exact) mass is 336 g/mol. The molecule has 1 aliphatic carbocycles. The van der Waals surface area contributed by atoms with Gasteiger partial charge in [0.15, 0.2) is 0 Å². The van der Waals surface area contributed by atoms with Gasteiger partial charge >= 0.3 is 6.03 Å². The predicted molar refractivity (Wildman–Crippen MR) is 87.3 cm³/mol. The van der Waals surface area contributed by atoms with Crippen LogP contribution in [0.1, 0.15) is 23.3 Å². The molecular formula is C14H16N4O2S2. The highest BCUT2D eigenvalue weighted by Gasteiger charge is 2.24. The quantitative estimate of drug-likeness (QED) is 0.661. The van der Waals surface area contributed by atoms with Crippen molar-refractivity contribution in [3.05, 3.63) is 16.8 Å². The maximum absolute atomic E-state index is 11.8. The number of rotatable bonds is 4.